The average Bonchev–Trinajstić information content (AvgIpc) is 2.92. The Kier molecular flexibility index (Phi) is 3.73. The molecule has 26 heavy (non-hydrogen) atoms. The highest BCUT2D eigenvalue weighted by Crippen LogP contribution is 2.31. The molecule has 0 bridgehead atoms. The quantitative estimate of drug-likeness (QED) is 0.540. The van der Waals surface area contributed by atoms with Gasteiger partial charge in [-0.25, -0.2) is 0 Å². The Morgan fingerprint density at radius 1 is 1.00 bits per heavy atom. The van der Waals surface area contributed by atoms with Crippen LogP contribution < -0.4 is 4.74 Å². The van der Waals surface area contributed by atoms with Gasteiger partial charge in [0.05, 0.1) is 35.7 Å². The second-order valence-electron chi connectivity index (χ2n) is 5.90. The van der Waals surface area contributed by atoms with Crippen LogP contribution in [0.4, 0.5) is 0 Å². The number of nitrogens with zero attached hydrogens (tertiary/aromatic N) is 3. The number of aromatic nitrogens is 1. The monoisotopic (exact) mass is 345 g/mol. The Hall–Kier alpha value is -3.54. The lowest BCUT2D eigenvalue weighted by Gasteiger charge is -2.06. The fourth-order valence-corrected chi connectivity index (χ4v) is 3.04. The molecule has 6 heteroatoms. The van der Waals surface area contributed by atoms with Crippen molar-refractivity contribution in [3.8, 4) is 5.75 Å². The minimum Gasteiger partial charge on any atom is -0.497 e. The zero-order chi connectivity index (χ0) is 18.3. The molecule has 6 nitrogen and oxygen atoms in total. The maximum absolute atomic E-state index is 12.8. The first kappa shape index (κ1) is 16.0. The number of hydrogen-bond acceptors (Lipinski definition) is 5. The molecule has 2 heterocycles. The van der Waals surface area contributed by atoms with E-state index < -0.39 is 11.8 Å². The van der Waals surface area contributed by atoms with E-state index in [0.717, 1.165) is 16.3 Å². The number of rotatable bonds is 3. The SMILES string of the molecule is COc1ccc(/C=N/N2C(=O)c3c(C)nc4ccccc4c3C2=O)cc1. The number of hydrogen-bond donors (Lipinski definition) is 0. The van der Waals surface area contributed by atoms with Gasteiger partial charge in [-0.05, 0) is 42.8 Å². The third-order valence-electron chi connectivity index (χ3n) is 4.32. The van der Waals surface area contributed by atoms with Crippen molar-refractivity contribution in [1.82, 2.24) is 9.99 Å². The average molecular weight is 345 g/mol. The van der Waals surface area contributed by atoms with Crippen molar-refractivity contribution in [2.24, 2.45) is 5.10 Å². The summed E-state index contributed by atoms with van der Waals surface area (Å²) >= 11 is 0. The first-order valence-electron chi connectivity index (χ1n) is 8.06. The molecule has 3 aromatic rings. The molecular weight excluding hydrogens is 330 g/mol. The van der Waals surface area contributed by atoms with E-state index in [2.05, 4.69) is 10.1 Å². The van der Waals surface area contributed by atoms with Crippen LogP contribution >= 0.6 is 0 Å². The molecule has 4 rings (SSSR count). The Labute approximate surface area is 149 Å². The third-order valence-corrected chi connectivity index (χ3v) is 4.32. The van der Waals surface area contributed by atoms with Gasteiger partial charge < -0.3 is 4.74 Å². The molecule has 0 N–H and O–H groups in total. The summed E-state index contributed by atoms with van der Waals surface area (Å²) in [5.74, 6) is -0.168. The number of aryl methyl sites for hydroxylation is 1. The maximum atomic E-state index is 12.8. The predicted octanol–water partition coefficient (Wildman–Crippen LogP) is 3.18. The molecule has 0 unspecified atom stereocenters. The fourth-order valence-electron chi connectivity index (χ4n) is 3.04. The van der Waals surface area contributed by atoms with Gasteiger partial charge in [0.15, 0.2) is 0 Å². The molecule has 128 valence electrons. The third kappa shape index (κ3) is 2.43. The van der Waals surface area contributed by atoms with Gasteiger partial charge in [-0.3, -0.25) is 14.6 Å². The minimum absolute atomic E-state index is 0.320. The number of para-hydroxylation sites is 1. The zero-order valence-electron chi connectivity index (χ0n) is 14.3. The summed E-state index contributed by atoms with van der Waals surface area (Å²) in [5.41, 5.74) is 2.65. The van der Waals surface area contributed by atoms with E-state index in [1.165, 1.54) is 6.21 Å². The number of imide groups is 1. The molecule has 0 saturated heterocycles. The largest absolute Gasteiger partial charge is 0.497 e. The Morgan fingerprint density at radius 3 is 2.42 bits per heavy atom. The molecule has 1 aliphatic heterocycles. The van der Waals surface area contributed by atoms with Crippen molar-refractivity contribution >= 4 is 28.9 Å². The maximum Gasteiger partial charge on any atom is 0.284 e. The van der Waals surface area contributed by atoms with E-state index in [1.807, 2.05) is 18.2 Å². The van der Waals surface area contributed by atoms with E-state index in [-0.39, 0.29) is 0 Å². The number of carbonyl (C=O) groups is 2. The summed E-state index contributed by atoms with van der Waals surface area (Å²) in [4.78, 5) is 30.0. The molecule has 0 fully saturated rings. The van der Waals surface area contributed by atoms with E-state index in [0.29, 0.717) is 27.7 Å². The van der Waals surface area contributed by atoms with E-state index in [4.69, 9.17) is 4.74 Å². The van der Waals surface area contributed by atoms with Crippen LogP contribution in [0.1, 0.15) is 32.0 Å². The molecular formula is C20H15N3O3. The van der Waals surface area contributed by atoms with Crippen molar-refractivity contribution in [2.75, 3.05) is 7.11 Å². The van der Waals surface area contributed by atoms with Crippen molar-refractivity contribution < 1.29 is 14.3 Å². The molecule has 0 spiro atoms. The summed E-state index contributed by atoms with van der Waals surface area (Å²) in [6, 6.07) is 14.4. The van der Waals surface area contributed by atoms with E-state index >= 15 is 0 Å². The normalized spacial score (nSPS) is 13.7. The topological polar surface area (TPSA) is 71.9 Å². The first-order valence-corrected chi connectivity index (χ1v) is 8.06. The van der Waals surface area contributed by atoms with Gasteiger partial charge in [0.25, 0.3) is 11.8 Å². The summed E-state index contributed by atoms with van der Waals surface area (Å²) in [6.45, 7) is 1.73. The smallest absolute Gasteiger partial charge is 0.284 e. The van der Waals surface area contributed by atoms with Gasteiger partial charge in [-0.1, -0.05) is 18.2 Å². The number of methoxy groups -OCH3 is 1. The molecule has 0 radical (unpaired) electrons. The molecule has 2 aromatic carbocycles. The number of hydrazone groups is 1. The second kappa shape index (κ2) is 6.07. The predicted molar refractivity (Wildman–Crippen MR) is 97.6 cm³/mol. The van der Waals surface area contributed by atoms with Crippen LogP contribution in [0, 0.1) is 6.92 Å². The van der Waals surface area contributed by atoms with Crippen LogP contribution in [0.25, 0.3) is 10.9 Å². The number of carbonyl (C=O) groups excluding carboxylic acids is 2. The summed E-state index contributed by atoms with van der Waals surface area (Å²) in [6.07, 6.45) is 1.48. The highest BCUT2D eigenvalue weighted by atomic mass is 16.5. The molecule has 2 amide bonds. The molecule has 1 aromatic heterocycles. The van der Waals surface area contributed by atoms with Gasteiger partial charge in [0, 0.05) is 5.39 Å². The molecule has 1 aliphatic rings. The highest BCUT2D eigenvalue weighted by molar-refractivity contribution is 6.26. The summed E-state index contributed by atoms with van der Waals surface area (Å²) < 4.78 is 5.11. The van der Waals surface area contributed by atoms with Crippen LogP contribution in [0.3, 0.4) is 0 Å². The van der Waals surface area contributed by atoms with Crippen LogP contribution in [-0.4, -0.2) is 35.1 Å². The zero-order valence-corrected chi connectivity index (χ0v) is 14.3. The Balaban J connectivity index is 1.74. The van der Waals surface area contributed by atoms with Gasteiger partial charge in [-0.15, -0.1) is 0 Å². The summed E-state index contributed by atoms with van der Waals surface area (Å²) in [5, 5.41) is 5.67. The standard InChI is InChI=1S/C20H15N3O3/c1-12-17-18(15-5-3-4-6-16(15)22-12)20(25)23(19(17)24)21-11-13-7-9-14(26-2)10-8-13/h3-11H,1-2H3/b21-11+. The fraction of sp³-hybridized carbons (Fsp3) is 0.100. The van der Waals surface area contributed by atoms with Crippen molar-refractivity contribution in [2.45, 2.75) is 6.92 Å². The van der Waals surface area contributed by atoms with Gasteiger partial charge in [-0.2, -0.15) is 10.1 Å². The van der Waals surface area contributed by atoms with Crippen molar-refractivity contribution in [3.05, 3.63) is 70.9 Å². The molecule has 0 aliphatic carbocycles. The van der Waals surface area contributed by atoms with Crippen LogP contribution in [0.15, 0.2) is 53.6 Å². The van der Waals surface area contributed by atoms with Crippen LogP contribution in [0.2, 0.25) is 0 Å². The van der Waals surface area contributed by atoms with Gasteiger partial charge >= 0.3 is 0 Å². The van der Waals surface area contributed by atoms with Gasteiger partial charge in [0.2, 0.25) is 0 Å². The number of amides is 2. The molecule has 0 atom stereocenters. The van der Waals surface area contributed by atoms with E-state index in [1.54, 1.807) is 44.4 Å². The summed E-state index contributed by atoms with van der Waals surface area (Å²) in [7, 11) is 1.59. The minimum atomic E-state index is -0.453. The number of fused-ring (bicyclic) bond motifs is 3. The number of benzene rings is 2. The van der Waals surface area contributed by atoms with E-state index in [9.17, 15) is 9.59 Å². The van der Waals surface area contributed by atoms with Crippen LogP contribution in [0.5, 0.6) is 5.75 Å². The lowest BCUT2D eigenvalue weighted by molar-refractivity contribution is 0.0660. The Morgan fingerprint density at radius 2 is 1.69 bits per heavy atom. The lowest BCUT2D eigenvalue weighted by atomic mass is 10.0. The van der Waals surface area contributed by atoms with Crippen molar-refractivity contribution in [1.29, 1.82) is 0 Å². The first-order chi connectivity index (χ1) is 12.6. The van der Waals surface area contributed by atoms with Crippen LogP contribution in [-0.2, 0) is 0 Å². The molecule has 0 saturated carbocycles. The lowest BCUT2D eigenvalue weighted by Crippen LogP contribution is -2.24. The van der Waals surface area contributed by atoms with Crippen molar-refractivity contribution in [3.63, 3.8) is 0 Å². The number of pyridine rings is 1. The second-order valence-corrected chi connectivity index (χ2v) is 5.90. The highest BCUT2D eigenvalue weighted by Gasteiger charge is 2.39. The van der Waals surface area contributed by atoms with Gasteiger partial charge in [0.1, 0.15) is 5.75 Å². The Bertz CT molecular complexity index is 1070. The number of ether oxygens (including phenoxy) is 1.